The van der Waals surface area contributed by atoms with Gasteiger partial charge in [0.15, 0.2) is 18.3 Å². The Morgan fingerprint density at radius 3 is 2.95 bits per heavy atom. The molecule has 0 bridgehead atoms. The highest BCUT2D eigenvalue weighted by Crippen LogP contribution is 2.37. The van der Waals surface area contributed by atoms with Crippen LogP contribution in [0.5, 0.6) is 11.5 Å². The van der Waals surface area contributed by atoms with Crippen molar-refractivity contribution in [1.29, 1.82) is 0 Å². The van der Waals surface area contributed by atoms with Crippen LogP contribution < -0.4 is 9.47 Å². The maximum Gasteiger partial charge on any atom is 0.256 e. The van der Waals surface area contributed by atoms with Crippen molar-refractivity contribution in [2.75, 3.05) is 27.6 Å². The number of hydrogen-bond acceptors (Lipinski definition) is 5. The number of fused-ring (bicyclic) bond motifs is 2. The van der Waals surface area contributed by atoms with Gasteiger partial charge in [0.1, 0.15) is 0 Å². The number of ether oxygens (including phenoxy) is 3. The number of rotatable bonds is 4. The molecule has 1 saturated heterocycles. The molecule has 0 saturated carbocycles. The topological polar surface area (TPSA) is 60.4 Å². The first-order chi connectivity index (χ1) is 10.2. The number of hydrogen-bond donors (Lipinski definition) is 0. The minimum Gasteiger partial charge on any atom is -0.493 e. The summed E-state index contributed by atoms with van der Waals surface area (Å²) in [6.45, 7) is 0.890. The van der Waals surface area contributed by atoms with Crippen molar-refractivity contribution in [1.82, 2.24) is 4.90 Å². The summed E-state index contributed by atoms with van der Waals surface area (Å²) in [4.78, 5) is 19.0. The van der Waals surface area contributed by atoms with Crippen LogP contribution in [0.1, 0.15) is 23.2 Å². The van der Waals surface area contributed by atoms with Gasteiger partial charge in [-0.1, -0.05) is 0 Å². The molecule has 0 spiro atoms. The number of carbonyl (C=O) groups is 1. The summed E-state index contributed by atoms with van der Waals surface area (Å²) in [5.41, 5.74) is 1.17. The second kappa shape index (κ2) is 5.73. The third-order valence-electron chi connectivity index (χ3n) is 3.79. The smallest absolute Gasteiger partial charge is 0.256 e. The Morgan fingerprint density at radius 1 is 1.33 bits per heavy atom. The molecule has 0 aromatic heterocycles. The molecule has 3 rings (SSSR count). The highest BCUT2D eigenvalue weighted by atomic mass is 16.7. The van der Waals surface area contributed by atoms with Crippen molar-refractivity contribution >= 4 is 17.8 Å². The van der Waals surface area contributed by atoms with Gasteiger partial charge in [0.2, 0.25) is 0 Å². The molecule has 6 nitrogen and oxygen atoms in total. The maximum absolute atomic E-state index is 12.6. The van der Waals surface area contributed by atoms with Crippen LogP contribution in [0.3, 0.4) is 0 Å². The SMILES string of the molecule is COCOc1cc2c(cc1OC)C(=O)N1CCC[C@H]1C=N2. The molecule has 0 N–H and O–H groups in total. The lowest BCUT2D eigenvalue weighted by Crippen LogP contribution is -2.35. The molecule has 112 valence electrons. The van der Waals surface area contributed by atoms with Crippen LogP contribution in [0.15, 0.2) is 17.1 Å². The fraction of sp³-hybridized carbons (Fsp3) is 0.467. The number of amides is 1. The summed E-state index contributed by atoms with van der Waals surface area (Å²) in [5, 5.41) is 0. The molecule has 1 aromatic carbocycles. The Morgan fingerprint density at radius 2 is 2.19 bits per heavy atom. The molecule has 0 unspecified atom stereocenters. The molecule has 2 heterocycles. The molecule has 21 heavy (non-hydrogen) atoms. The highest BCUT2D eigenvalue weighted by Gasteiger charge is 2.32. The van der Waals surface area contributed by atoms with E-state index < -0.39 is 0 Å². The van der Waals surface area contributed by atoms with Gasteiger partial charge >= 0.3 is 0 Å². The predicted molar refractivity (Wildman–Crippen MR) is 77.7 cm³/mol. The summed E-state index contributed by atoms with van der Waals surface area (Å²) < 4.78 is 15.7. The first-order valence-electron chi connectivity index (χ1n) is 6.93. The van der Waals surface area contributed by atoms with Gasteiger partial charge in [-0.05, 0) is 18.9 Å². The van der Waals surface area contributed by atoms with Crippen LogP contribution in [0, 0.1) is 0 Å². The number of aliphatic imine (C=N–C) groups is 1. The monoisotopic (exact) mass is 290 g/mol. The third kappa shape index (κ3) is 2.47. The van der Waals surface area contributed by atoms with Crippen molar-refractivity contribution in [3.8, 4) is 11.5 Å². The molecule has 6 heteroatoms. The summed E-state index contributed by atoms with van der Waals surface area (Å²) in [6, 6.07) is 3.52. The van der Waals surface area contributed by atoms with Gasteiger partial charge in [-0.3, -0.25) is 9.79 Å². The van der Waals surface area contributed by atoms with E-state index in [9.17, 15) is 4.79 Å². The van der Waals surface area contributed by atoms with E-state index in [2.05, 4.69) is 4.99 Å². The van der Waals surface area contributed by atoms with Gasteiger partial charge in [0, 0.05) is 25.9 Å². The predicted octanol–water partition coefficient (Wildman–Crippen LogP) is 2.00. The van der Waals surface area contributed by atoms with E-state index in [1.165, 1.54) is 0 Å². The Balaban J connectivity index is 2.02. The van der Waals surface area contributed by atoms with E-state index in [4.69, 9.17) is 14.2 Å². The van der Waals surface area contributed by atoms with Crippen LogP contribution in [0.25, 0.3) is 0 Å². The van der Waals surface area contributed by atoms with E-state index >= 15 is 0 Å². The quantitative estimate of drug-likeness (QED) is 0.796. The molecule has 1 atom stereocenters. The zero-order valence-corrected chi connectivity index (χ0v) is 12.2. The van der Waals surface area contributed by atoms with Gasteiger partial charge < -0.3 is 19.1 Å². The molecule has 2 aliphatic heterocycles. The molecule has 1 aromatic rings. The van der Waals surface area contributed by atoms with Crippen LogP contribution >= 0.6 is 0 Å². The summed E-state index contributed by atoms with van der Waals surface area (Å²) in [5.74, 6) is 1.03. The fourth-order valence-electron chi connectivity index (χ4n) is 2.74. The lowest BCUT2D eigenvalue weighted by molar-refractivity contribution is 0.0492. The zero-order chi connectivity index (χ0) is 14.8. The number of nitrogens with zero attached hydrogens (tertiary/aromatic N) is 2. The molecule has 0 aliphatic carbocycles. The van der Waals surface area contributed by atoms with Crippen LogP contribution in [0.2, 0.25) is 0 Å². The Kier molecular flexibility index (Phi) is 3.79. The Labute approximate surface area is 123 Å². The summed E-state index contributed by atoms with van der Waals surface area (Å²) in [6.07, 6.45) is 3.83. The minimum atomic E-state index is 0.00147. The van der Waals surface area contributed by atoms with E-state index in [1.54, 1.807) is 26.4 Å². The standard InChI is InChI=1S/C15H18N2O4/c1-19-9-21-14-7-12-11(6-13(14)20-2)15(18)17-5-3-4-10(17)8-16-12/h6-8,10H,3-5,9H2,1-2H3/t10-/m0/s1. The molecule has 2 aliphatic rings. The Hall–Kier alpha value is -2.08. The van der Waals surface area contributed by atoms with Crippen LogP contribution in [-0.4, -0.2) is 50.6 Å². The molecular formula is C15H18N2O4. The van der Waals surface area contributed by atoms with Gasteiger partial charge in [-0.2, -0.15) is 0 Å². The second-order valence-corrected chi connectivity index (χ2v) is 5.06. The average molecular weight is 290 g/mol. The van der Waals surface area contributed by atoms with Gasteiger partial charge in [-0.15, -0.1) is 0 Å². The van der Waals surface area contributed by atoms with Crippen molar-refractivity contribution in [3.63, 3.8) is 0 Å². The lowest BCUT2D eigenvalue weighted by atomic mass is 10.1. The average Bonchev–Trinajstić information content (AvgIpc) is 2.93. The van der Waals surface area contributed by atoms with Crippen molar-refractivity contribution in [2.24, 2.45) is 4.99 Å². The van der Waals surface area contributed by atoms with E-state index in [0.29, 0.717) is 22.7 Å². The molecular weight excluding hydrogens is 272 g/mol. The van der Waals surface area contributed by atoms with Crippen LogP contribution in [0.4, 0.5) is 5.69 Å². The fourth-order valence-corrected chi connectivity index (χ4v) is 2.74. The highest BCUT2D eigenvalue weighted by molar-refractivity contribution is 6.03. The largest absolute Gasteiger partial charge is 0.493 e. The molecule has 1 fully saturated rings. The summed E-state index contributed by atoms with van der Waals surface area (Å²) >= 11 is 0. The normalized spacial score (nSPS) is 20.0. The zero-order valence-electron chi connectivity index (χ0n) is 12.2. The molecule has 1 amide bonds. The first-order valence-corrected chi connectivity index (χ1v) is 6.93. The van der Waals surface area contributed by atoms with Crippen molar-refractivity contribution < 1.29 is 19.0 Å². The van der Waals surface area contributed by atoms with Crippen LogP contribution in [-0.2, 0) is 4.74 Å². The number of methoxy groups -OCH3 is 2. The van der Waals surface area contributed by atoms with Gasteiger partial charge in [-0.25, -0.2) is 0 Å². The Bertz CT molecular complexity index is 585. The van der Waals surface area contributed by atoms with Gasteiger partial charge in [0.05, 0.1) is 24.4 Å². The van der Waals surface area contributed by atoms with Gasteiger partial charge in [0.25, 0.3) is 5.91 Å². The first kappa shape index (κ1) is 13.9. The third-order valence-corrected chi connectivity index (χ3v) is 3.79. The van der Waals surface area contributed by atoms with E-state index in [0.717, 1.165) is 19.4 Å². The van der Waals surface area contributed by atoms with Crippen molar-refractivity contribution in [3.05, 3.63) is 17.7 Å². The number of carbonyl (C=O) groups excluding carboxylic acids is 1. The molecule has 0 radical (unpaired) electrons. The summed E-state index contributed by atoms with van der Waals surface area (Å²) in [7, 11) is 3.09. The lowest BCUT2D eigenvalue weighted by Gasteiger charge is -2.20. The maximum atomic E-state index is 12.6. The minimum absolute atomic E-state index is 0.00147. The van der Waals surface area contributed by atoms with E-state index in [1.807, 2.05) is 11.1 Å². The number of benzene rings is 1. The van der Waals surface area contributed by atoms with E-state index in [-0.39, 0.29) is 18.7 Å². The second-order valence-electron chi connectivity index (χ2n) is 5.06. The van der Waals surface area contributed by atoms with Crippen molar-refractivity contribution in [2.45, 2.75) is 18.9 Å².